The molecule has 2 aliphatic heterocycles. The fraction of sp³-hybridized carbons (Fsp3) is 0.333. The first-order chi connectivity index (χ1) is 11.0. The molecule has 0 bridgehead atoms. The molecule has 0 radical (unpaired) electrons. The maximum Gasteiger partial charge on any atom is 0.162 e. The largest absolute Gasteiger partial charge is 0.504 e. The average Bonchev–Trinajstić information content (AvgIpc) is 2.52. The molecule has 0 spiro atoms. The van der Waals surface area contributed by atoms with Gasteiger partial charge in [0.2, 0.25) is 0 Å². The topological polar surface area (TPSA) is 84.2 Å². The van der Waals surface area contributed by atoms with E-state index in [9.17, 15) is 20.4 Å². The maximum atomic E-state index is 10.2. The van der Waals surface area contributed by atoms with Crippen LogP contribution in [0.3, 0.4) is 0 Å². The van der Waals surface area contributed by atoms with Gasteiger partial charge in [-0.15, -0.1) is 17.0 Å². The Bertz CT molecular complexity index is 808. The lowest BCUT2D eigenvalue weighted by atomic mass is 9.77. The smallest absolute Gasteiger partial charge is 0.162 e. The van der Waals surface area contributed by atoms with Crippen LogP contribution >= 0.6 is 17.0 Å². The fourth-order valence-electron chi connectivity index (χ4n) is 4.10. The predicted molar refractivity (Wildman–Crippen MR) is 95.1 cm³/mol. The van der Waals surface area contributed by atoms with Gasteiger partial charge in [-0.1, -0.05) is 13.0 Å². The number of halogens is 1. The Kier molecular flexibility index (Phi) is 4.13. The van der Waals surface area contributed by atoms with Gasteiger partial charge in [0.25, 0.3) is 0 Å². The molecule has 0 fully saturated rings. The Morgan fingerprint density at radius 2 is 1.67 bits per heavy atom. The molecular weight excluding hydrogens is 374 g/mol. The van der Waals surface area contributed by atoms with Crippen LogP contribution in [0.5, 0.6) is 23.0 Å². The Morgan fingerprint density at radius 1 is 0.958 bits per heavy atom. The normalized spacial score (nSPS) is 22.0. The number of phenolic OH excluding ortho intramolecular Hbond substituents is 4. The third-order valence-corrected chi connectivity index (χ3v) is 5.24. The van der Waals surface area contributed by atoms with Crippen molar-refractivity contribution in [3.05, 3.63) is 46.5 Å². The highest BCUT2D eigenvalue weighted by Gasteiger charge is 2.38. The highest BCUT2D eigenvalue weighted by molar-refractivity contribution is 8.93. The molecule has 2 atom stereocenters. The molecule has 128 valence electrons. The van der Waals surface area contributed by atoms with Gasteiger partial charge in [-0.2, -0.15) is 0 Å². The van der Waals surface area contributed by atoms with Gasteiger partial charge in [-0.05, 0) is 41.3 Å². The molecule has 2 unspecified atom stereocenters. The number of phenols is 4. The van der Waals surface area contributed by atoms with Gasteiger partial charge in [0, 0.05) is 30.6 Å². The first-order valence-corrected chi connectivity index (χ1v) is 7.80. The summed E-state index contributed by atoms with van der Waals surface area (Å²) in [4.78, 5) is 2.25. The Labute approximate surface area is 150 Å². The molecule has 0 aromatic heterocycles. The van der Waals surface area contributed by atoms with Crippen LogP contribution in [-0.2, 0) is 13.0 Å². The molecule has 24 heavy (non-hydrogen) atoms. The predicted octanol–water partition coefficient (Wildman–Crippen LogP) is 3.30. The van der Waals surface area contributed by atoms with E-state index in [0.717, 1.165) is 35.2 Å². The molecule has 2 aromatic carbocycles. The molecule has 5 nitrogen and oxygen atoms in total. The van der Waals surface area contributed by atoms with E-state index in [1.807, 2.05) is 6.07 Å². The minimum Gasteiger partial charge on any atom is -0.504 e. The van der Waals surface area contributed by atoms with Gasteiger partial charge >= 0.3 is 0 Å². The van der Waals surface area contributed by atoms with E-state index in [2.05, 4.69) is 11.8 Å². The monoisotopic (exact) mass is 393 g/mol. The third-order valence-electron chi connectivity index (χ3n) is 5.24. The summed E-state index contributed by atoms with van der Waals surface area (Å²) >= 11 is 0. The van der Waals surface area contributed by atoms with Crippen LogP contribution in [-0.4, -0.2) is 31.9 Å². The molecule has 2 aromatic rings. The summed E-state index contributed by atoms with van der Waals surface area (Å²) in [7, 11) is 0. The van der Waals surface area contributed by atoms with Gasteiger partial charge in [-0.25, -0.2) is 0 Å². The summed E-state index contributed by atoms with van der Waals surface area (Å²) in [6.45, 7) is 3.46. The first-order valence-electron chi connectivity index (χ1n) is 7.80. The number of rotatable bonds is 0. The van der Waals surface area contributed by atoms with Crippen LogP contribution in [0.1, 0.15) is 41.1 Å². The molecule has 6 heteroatoms. The quantitative estimate of drug-likeness (QED) is 0.516. The zero-order valence-corrected chi connectivity index (χ0v) is 14.9. The lowest BCUT2D eigenvalue weighted by molar-refractivity contribution is 0.136. The van der Waals surface area contributed by atoms with Crippen molar-refractivity contribution in [3.63, 3.8) is 0 Å². The number of hydrogen-bond acceptors (Lipinski definition) is 5. The number of aromatic hydroxyl groups is 4. The Balaban J connectivity index is 0.00000169. The van der Waals surface area contributed by atoms with E-state index in [4.69, 9.17) is 0 Å². The zero-order valence-electron chi connectivity index (χ0n) is 13.2. The van der Waals surface area contributed by atoms with Crippen molar-refractivity contribution in [2.24, 2.45) is 0 Å². The van der Waals surface area contributed by atoms with Crippen molar-refractivity contribution in [2.75, 3.05) is 6.54 Å². The van der Waals surface area contributed by atoms with Gasteiger partial charge in [0.05, 0.1) is 0 Å². The van der Waals surface area contributed by atoms with Crippen LogP contribution < -0.4 is 0 Å². The minimum atomic E-state index is -0.0999. The van der Waals surface area contributed by atoms with Gasteiger partial charge < -0.3 is 20.4 Å². The summed E-state index contributed by atoms with van der Waals surface area (Å²) in [5.74, 6) is -0.199. The van der Waals surface area contributed by atoms with E-state index in [1.165, 1.54) is 6.07 Å². The molecule has 2 heterocycles. The molecule has 0 aliphatic carbocycles. The van der Waals surface area contributed by atoms with E-state index in [1.54, 1.807) is 12.1 Å². The van der Waals surface area contributed by atoms with E-state index < -0.39 is 0 Å². The average molecular weight is 394 g/mol. The van der Waals surface area contributed by atoms with Gasteiger partial charge in [-0.3, -0.25) is 4.90 Å². The molecule has 0 saturated carbocycles. The standard InChI is InChI=1S/C18H19NO4.BrH/c1-9-11-2-3-14(20)18(23)13(11)8-19-5-4-10-6-15(21)16(22)7-12(10)17(9)19;/h2-3,6-7,9,17,20-23H,4-5,8H2,1H3;1H. The van der Waals surface area contributed by atoms with Crippen molar-refractivity contribution < 1.29 is 20.4 Å². The number of benzene rings is 2. The zero-order chi connectivity index (χ0) is 16.3. The van der Waals surface area contributed by atoms with Crippen LogP contribution in [0.4, 0.5) is 0 Å². The molecule has 0 amide bonds. The fourth-order valence-corrected chi connectivity index (χ4v) is 4.10. The summed E-state index contributed by atoms with van der Waals surface area (Å²) < 4.78 is 0. The second-order valence-electron chi connectivity index (χ2n) is 6.49. The van der Waals surface area contributed by atoms with Gasteiger partial charge in [0.15, 0.2) is 23.0 Å². The number of hydrogen-bond donors (Lipinski definition) is 4. The van der Waals surface area contributed by atoms with Crippen molar-refractivity contribution in [3.8, 4) is 23.0 Å². The van der Waals surface area contributed by atoms with Crippen LogP contribution in [0, 0.1) is 0 Å². The highest BCUT2D eigenvalue weighted by Crippen LogP contribution is 2.50. The second kappa shape index (κ2) is 5.86. The van der Waals surface area contributed by atoms with Crippen molar-refractivity contribution in [1.82, 2.24) is 4.90 Å². The van der Waals surface area contributed by atoms with Crippen molar-refractivity contribution >= 4 is 17.0 Å². The van der Waals surface area contributed by atoms with E-state index in [0.29, 0.717) is 6.54 Å². The van der Waals surface area contributed by atoms with Crippen LogP contribution in [0.25, 0.3) is 0 Å². The lowest BCUT2D eigenvalue weighted by Gasteiger charge is -2.45. The first kappa shape index (κ1) is 16.9. The Morgan fingerprint density at radius 3 is 2.42 bits per heavy atom. The Hall–Kier alpha value is -1.92. The molecule has 0 saturated heterocycles. The summed E-state index contributed by atoms with van der Waals surface area (Å²) in [6, 6.07) is 6.78. The SMILES string of the molecule is Br.CC1c2ccc(O)c(O)c2CN2CCc3cc(O)c(O)cc3C12. The van der Waals surface area contributed by atoms with Gasteiger partial charge in [0.1, 0.15) is 0 Å². The molecular formula is C18H20BrNO4. The summed E-state index contributed by atoms with van der Waals surface area (Å²) in [5, 5.41) is 39.6. The number of nitrogens with zero attached hydrogens (tertiary/aromatic N) is 1. The van der Waals surface area contributed by atoms with E-state index >= 15 is 0 Å². The van der Waals surface area contributed by atoms with Crippen molar-refractivity contribution in [1.29, 1.82) is 0 Å². The lowest BCUT2D eigenvalue weighted by Crippen LogP contribution is -2.41. The molecule has 4 N–H and O–H groups in total. The molecule has 4 rings (SSSR count). The number of fused-ring (bicyclic) bond motifs is 4. The van der Waals surface area contributed by atoms with Crippen LogP contribution in [0.15, 0.2) is 24.3 Å². The van der Waals surface area contributed by atoms with E-state index in [-0.39, 0.29) is 51.9 Å². The second-order valence-corrected chi connectivity index (χ2v) is 6.49. The van der Waals surface area contributed by atoms with Crippen LogP contribution in [0.2, 0.25) is 0 Å². The third kappa shape index (κ3) is 2.32. The van der Waals surface area contributed by atoms with Crippen molar-refractivity contribution in [2.45, 2.75) is 31.8 Å². The minimum absolute atomic E-state index is 0. The maximum absolute atomic E-state index is 10.2. The summed E-state index contributed by atoms with van der Waals surface area (Å²) in [6.07, 6.45) is 0.779. The summed E-state index contributed by atoms with van der Waals surface area (Å²) in [5.41, 5.74) is 3.87. The highest BCUT2D eigenvalue weighted by atomic mass is 79.9. The molecule has 2 aliphatic rings.